The maximum atomic E-state index is 10.7. The standard InChI is InChI=1S/C8H11N5O2/c14-8(15)13-2-5-4(6(5)3-13)1-7-9-11-12-10-7/h4-6H,1-3H2,(H,14,15)(H,9,10,11,12)/t4-,5+,6-. The largest absolute Gasteiger partial charge is 0.465 e. The molecule has 15 heavy (non-hydrogen) atoms. The van der Waals surface area contributed by atoms with Gasteiger partial charge < -0.3 is 10.0 Å². The number of hydrogen-bond acceptors (Lipinski definition) is 4. The summed E-state index contributed by atoms with van der Waals surface area (Å²) < 4.78 is 0. The van der Waals surface area contributed by atoms with E-state index in [0.717, 1.165) is 12.2 Å². The average Bonchev–Trinajstić information content (AvgIpc) is 2.62. The van der Waals surface area contributed by atoms with E-state index >= 15 is 0 Å². The van der Waals surface area contributed by atoms with Gasteiger partial charge in [-0.25, -0.2) is 9.89 Å². The number of nitrogens with zero attached hydrogens (tertiary/aromatic N) is 4. The predicted molar refractivity (Wildman–Crippen MR) is 47.9 cm³/mol. The van der Waals surface area contributed by atoms with Gasteiger partial charge in [0.25, 0.3) is 0 Å². The first kappa shape index (κ1) is 8.63. The second-order valence-electron chi connectivity index (χ2n) is 4.23. The van der Waals surface area contributed by atoms with Gasteiger partial charge in [-0.15, -0.1) is 5.10 Å². The van der Waals surface area contributed by atoms with Crippen LogP contribution in [0.2, 0.25) is 0 Å². The fraction of sp³-hybridized carbons (Fsp3) is 0.750. The average molecular weight is 209 g/mol. The Balaban J connectivity index is 1.57. The van der Waals surface area contributed by atoms with Crippen molar-refractivity contribution in [2.75, 3.05) is 13.1 Å². The molecule has 1 aromatic heterocycles. The first-order valence-corrected chi connectivity index (χ1v) is 4.96. The van der Waals surface area contributed by atoms with Gasteiger partial charge in [0.1, 0.15) is 5.82 Å². The maximum Gasteiger partial charge on any atom is 0.407 e. The summed E-state index contributed by atoms with van der Waals surface area (Å²) in [6.45, 7) is 1.35. The molecule has 1 aromatic rings. The van der Waals surface area contributed by atoms with Crippen LogP contribution in [0.1, 0.15) is 5.82 Å². The minimum Gasteiger partial charge on any atom is -0.465 e. The number of piperidine rings is 1. The van der Waals surface area contributed by atoms with Crippen molar-refractivity contribution in [2.45, 2.75) is 6.42 Å². The highest BCUT2D eigenvalue weighted by Crippen LogP contribution is 2.52. The molecule has 7 nitrogen and oxygen atoms in total. The third kappa shape index (κ3) is 1.34. The number of nitrogens with one attached hydrogen (secondary N) is 1. The van der Waals surface area contributed by atoms with Crippen LogP contribution in [0.5, 0.6) is 0 Å². The molecule has 2 N–H and O–H groups in total. The number of aromatic amines is 1. The molecule has 1 saturated heterocycles. The first-order valence-electron chi connectivity index (χ1n) is 4.96. The Kier molecular flexibility index (Phi) is 1.68. The van der Waals surface area contributed by atoms with E-state index < -0.39 is 6.09 Å². The Bertz CT molecular complexity index is 366. The first-order chi connectivity index (χ1) is 7.25. The number of likely N-dealkylation sites (tertiary alicyclic amines) is 1. The Hall–Kier alpha value is -1.66. The van der Waals surface area contributed by atoms with Gasteiger partial charge in [0.2, 0.25) is 0 Å². The molecule has 1 aliphatic carbocycles. The van der Waals surface area contributed by atoms with E-state index in [0.29, 0.717) is 30.8 Å². The molecule has 0 unspecified atom stereocenters. The van der Waals surface area contributed by atoms with Gasteiger partial charge in [0, 0.05) is 19.5 Å². The molecule has 2 fully saturated rings. The topological polar surface area (TPSA) is 95.0 Å². The maximum absolute atomic E-state index is 10.7. The predicted octanol–water partition coefficient (Wildman–Crippen LogP) is -0.402. The lowest BCUT2D eigenvalue weighted by Gasteiger charge is -2.14. The van der Waals surface area contributed by atoms with E-state index in [1.165, 1.54) is 4.90 Å². The van der Waals surface area contributed by atoms with Crippen LogP contribution < -0.4 is 0 Å². The Morgan fingerprint density at radius 3 is 2.80 bits per heavy atom. The van der Waals surface area contributed by atoms with Crippen molar-refractivity contribution in [3.8, 4) is 0 Å². The lowest BCUT2D eigenvalue weighted by molar-refractivity contribution is 0.148. The van der Waals surface area contributed by atoms with E-state index in [4.69, 9.17) is 5.11 Å². The highest BCUT2D eigenvalue weighted by atomic mass is 16.4. The smallest absolute Gasteiger partial charge is 0.407 e. The molecule has 0 aromatic carbocycles. The molecule has 1 saturated carbocycles. The van der Waals surface area contributed by atoms with E-state index in [1.54, 1.807) is 0 Å². The zero-order valence-electron chi connectivity index (χ0n) is 8.00. The summed E-state index contributed by atoms with van der Waals surface area (Å²) in [6, 6.07) is 0. The lowest BCUT2D eigenvalue weighted by atomic mass is 10.2. The molecule has 3 rings (SSSR count). The van der Waals surface area contributed by atoms with Crippen LogP contribution in [0.25, 0.3) is 0 Å². The molecule has 2 aliphatic rings. The highest BCUT2D eigenvalue weighted by molar-refractivity contribution is 5.65. The van der Waals surface area contributed by atoms with Gasteiger partial charge in [-0.1, -0.05) is 0 Å². The van der Waals surface area contributed by atoms with E-state index in [9.17, 15) is 4.79 Å². The Labute approximate surface area is 85.5 Å². The van der Waals surface area contributed by atoms with E-state index in [1.807, 2.05) is 0 Å². The Morgan fingerprint density at radius 2 is 2.27 bits per heavy atom. The molecule has 80 valence electrons. The zero-order chi connectivity index (χ0) is 10.4. The molecule has 0 spiro atoms. The minimum atomic E-state index is -0.803. The van der Waals surface area contributed by atoms with Crippen LogP contribution in [0.4, 0.5) is 4.79 Å². The fourth-order valence-corrected chi connectivity index (χ4v) is 2.60. The molecule has 1 amide bonds. The number of carbonyl (C=O) groups is 1. The van der Waals surface area contributed by atoms with Gasteiger partial charge in [-0.3, -0.25) is 0 Å². The van der Waals surface area contributed by atoms with Gasteiger partial charge >= 0.3 is 6.09 Å². The number of H-pyrrole nitrogens is 1. The molecule has 0 bridgehead atoms. The minimum absolute atomic E-state index is 0.520. The van der Waals surface area contributed by atoms with Crippen LogP contribution in [-0.4, -0.2) is 49.8 Å². The summed E-state index contributed by atoms with van der Waals surface area (Å²) in [4.78, 5) is 12.2. The van der Waals surface area contributed by atoms with Crippen LogP contribution in [0, 0.1) is 17.8 Å². The molecule has 3 atom stereocenters. The van der Waals surface area contributed by atoms with Gasteiger partial charge in [-0.05, 0) is 28.2 Å². The van der Waals surface area contributed by atoms with Crippen molar-refractivity contribution in [1.82, 2.24) is 25.5 Å². The number of carboxylic acid groups (broad SMARTS) is 1. The molecular weight excluding hydrogens is 198 g/mol. The van der Waals surface area contributed by atoms with Crippen LogP contribution >= 0.6 is 0 Å². The summed E-state index contributed by atoms with van der Waals surface area (Å²) >= 11 is 0. The normalized spacial score (nSPS) is 32.8. The summed E-state index contributed by atoms with van der Waals surface area (Å²) in [7, 11) is 0. The third-order valence-corrected chi connectivity index (χ3v) is 3.46. The second kappa shape index (κ2) is 2.91. The molecule has 7 heteroatoms. The SMILES string of the molecule is O=C(O)N1C[C@@H]2[C@H](Cc3nnn[nH]3)[C@@H]2C1. The number of rotatable bonds is 2. The number of fused-ring (bicyclic) bond motifs is 1. The van der Waals surface area contributed by atoms with Crippen molar-refractivity contribution < 1.29 is 9.90 Å². The molecule has 2 heterocycles. The lowest BCUT2D eigenvalue weighted by Crippen LogP contribution is -2.30. The third-order valence-electron chi connectivity index (χ3n) is 3.46. The fourth-order valence-electron chi connectivity index (χ4n) is 2.60. The molecular formula is C8H11N5O2. The summed E-state index contributed by atoms with van der Waals surface area (Å²) in [6.07, 6.45) is 0.0396. The Morgan fingerprint density at radius 1 is 1.53 bits per heavy atom. The van der Waals surface area contributed by atoms with E-state index in [-0.39, 0.29) is 0 Å². The quantitative estimate of drug-likeness (QED) is 0.690. The highest BCUT2D eigenvalue weighted by Gasteiger charge is 2.56. The van der Waals surface area contributed by atoms with Crippen molar-refractivity contribution in [3.05, 3.63) is 5.82 Å². The van der Waals surface area contributed by atoms with Crippen LogP contribution in [0.15, 0.2) is 0 Å². The van der Waals surface area contributed by atoms with Crippen molar-refractivity contribution in [3.63, 3.8) is 0 Å². The van der Waals surface area contributed by atoms with E-state index in [2.05, 4.69) is 20.6 Å². The van der Waals surface area contributed by atoms with Gasteiger partial charge in [0.05, 0.1) is 0 Å². The summed E-state index contributed by atoms with van der Waals surface area (Å²) in [5.41, 5.74) is 0. The van der Waals surface area contributed by atoms with Gasteiger partial charge in [0.15, 0.2) is 0 Å². The molecule has 1 aliphatic heterocycles. The second-order valence-corrected chi connectivity index (χ2v) is 4.23. The molecule has 0 radical (unpaired) electrons. The number of tetrazole rings is 1. The van der Waals surface area contributed by atoms with Crippen molar-refractivity contribution in [2.24, 2.45) is 17.8 Å². The van der Waals surface area contributed by atoms with Gasteiger partial charge in [-0.2, -0.15) is 0 Å². The number of amides is 1. The zero-order valence-corrected chi connectivity index (χ0v) is 8.00. The van der Waals surface area contributed by atoms with Crippen molar-refractivity contribution in [1.29, 1.82) is 0 Å². The van der Waals surface area contributed by atoms with Crippen LogP contribution in [0.3, 0.4) is 0 Å². The summed E-state index contributed by atoms with van der Waals surface area (Å²) in [5.74, 6) is 2.41. The number of hydrogen-bond donors (Lipinski definition) is 2. The number of aromatic nitrogens is 4. The monoisotopic (exact) mass is 209 g/mol. The van der Waals surface area contributed by atoms with Crippen molar-refractivity contribution >= 4 is 6.09 Å². The summed E-state index contributed by atoms with van der Waals surface area (Å²) in [5, 5.41) is 22.4. The van der Waals surface area contributed by atoms with Crippen LogP contribution in [-0.2, 0) is 6.42 Å².